The van der Waals surface area contributed by atoms with E-state index in [4.69, 9.17) is 0 Å². The Morgan fingerprint density at radius 1 is 1.26 bits per heavy atom. The number of carbonyl (C=O) groups is 3. The van der Waals surface area contributed by atoms with Crippen LogP contribution in [0.25, 0.3) is 0 Å². The highest BCUT2D eigenvalue weighted by Gasteiger charge is 2.39. The molecule has 7 nitrogen and oxygen atoms in total. The van der Waals surface area contributed by atoms with Crippen LogP contribution in [0.2, 0.25) is 0 Å². The van der Waals surface area contributed by atoms with E-state index >= 15 is 0 Å². The lowest BCUT2D eigenvalue weighted by molar-refractivity contribution is -0.136. The number of nitrogens with zero attached hydrogens (tertiary/aromatic N) is 1. The molecule has 3 amide bonds. The topological polar surface area (TPSA) is 90.5 Å². The number of imide groups is 1. The number of benzene rings is 1. The van der Waals surface area contributed by atoms with E-state index in [1.165, 1.54) is 0 Å². The summed E-state index contributed by atoms with van der Waals surface area (Å²) in [5.41, 5.74) is 2.94. The van der Waals surface area contributed by atoms with Gasteiger partial charge < -0.3 is 15.5 Å². The van der Waals surface area contributed by atoms with Gasteiger partial charge in [0, 0.05) is 49.6 Å². The Morgan fingerprint density at radius 2 is 2.07 bits per heavy atom. The Bertz CT molecular complexity index is 804. The predicted molar refractivity (Wildman–Crippen MR) is 99.8 cm³/mol. The van der Waals surface area contributed by atoms with Gasteiger partial charge in [0.15, 0.2) is 0 Å². The molecule has 0 aliphatic carbocycles. The van der Waals surface area contributed by atoms with Gasteiger partial charge in [0.2, 0.25) is 11.8 Å². The third-order valence-electron chi connectivity index (χ3n) is 6.13. The zero-order chi connectivity index (χ0) is 19.2. The summed E-state index contributed by atoms with van der Waals surface area (Å²) in [7, 11) is 0. The van der Waals surface area contributed by atoms with Gasteiger partial charge in [0.25, 0.3) is 5.91 Å². The molecule has 3 aliphatic rings. The van der Waals surface area contributed by atoms with Crippen molar-refractivity contribution in [1.82, 2.24) is 20.9 Å². The highest BCUT2D eigenvalue weighted by atomic mass is 16.2. The standard InChI is InChI=1S/C20H26N4O3/c1-20(2)14(10-22-20)9-21-8-12-3-4-15-13(7-12)11-24(19(15)27)16-5-6-17(25)23-18(16)26/h3-4,7,14,16,21-22H,5-6,8-11H2,1-2H3,(H,23,25,26). The molecule has 0 radical (unpaired) electrons. The van der Waals surface area contributed by atoms with Crippen molar-refractivity contribution in [3.63, 3.8) is 0 Å². The minimum absolute atomic E-state index is 0.124. The Labute approximate surface area is 158 Å². The quantitative estimate of drug-likeness (QED) is 0.658. The zero-order valence-corrected chi connectivity index (χ0v) is 15.8. The Morgan fingerprint density at radius 3 is 2.74 bits per heavy atom. The summed E-state index contributed by atoms with van der Waals surface area (Å²) < 4.78 is 0. The van der Waals surface area contributed by atoms with Crippen LogP contribution in [-0.2, 0) is 22.7 Å². The monoisotopic (exact) mass is 370 g/mol. The first-order valence-corrected chi connectivity index (χ1v) is 9.57. The molecule has 1 aromatic rings. The molecule has 2 saturated heterocycles. The molecule has 2 unspecified atom stereocenters. The van der Waals surface area contributed by atoms with Gasteiger partial charge >= 0.3 is 0 Å². The number of piperidine rings is 1. The Hall–Kier alpha value is -2.25. The molecule has 0 saturated carbocycles. The smallest absolute Gasteiger partial charge is 0.255 e. The van der Waals surface area contributed by atoms with Gasteiger partial charge in [-0.1, -0.05) is 12.1 Å². The summed E-state index contributed by atoms with van der Waals surface area (Å²) >= 11 is 0. The number of fused-ring (bicyclic) bond motifs is 1. The van der Waals surface area contributed by atoms with Gasteiger partial charge in [-0.2, -0.15) is 0 Å². The van der Waals surface area contributed by atoms with E-state index in [0.29, 0.717) is 24.4 Å². The predicted octanol–water partition coefficient (Wildman–Crippen LogP) is 0.535. The fourth-order valence-corrected chi connectivity index (χ4v) is 4.11. The maximum atomic E-state index is 12.7. The normalized spacial score (nSPS) is 26.6. The molecule has 27 heavy (non-hydrogen) atoms. The summed E-state index contributed by atoms with van der Waals surface area (Å²) in [4.78, 5) is 37.7. The van der Waals surface area contributed by atoms with Crippen molar-refractivity contribution in [1.29, 1.82) is 0 Å². The first kappa shape index (κ1) is 18.1. The molecule has 3 heterocycles. The molecule has 4 rings (SSSR count). The first-order chi connectivity index (χ1) is 12.8. The fourth-order valence-electron chi connectivity index (χ4n) is 4.11. The fraction of sp³-hybridized carbons (Fsp3) is 0.550. The van der Waals surface area contributed by atoms with Crippen molar-refractivity contribution < 1.29 is 14.4 Å². The van der Waals surface area contributed by atoms with Crippen LogP contribution in [-0.4, -0.2) is 47.3 Å². The molecule has 2 atom stereocenters. The van der Waals surface area contributed by atoms with E-state index < -0.39 is 6.04 Å². The van der Waals surface area contributed by atoms with Crippen LogP contribution in [0.1, 0.15) is 48.2 Å². The second-order valence-electron chi connectivity index (χ2n) is 8.32. The number of rotatable bonds is 5. The summed E-state index contributed by atoms with van der Waals surface area (Å²) in [5, 5.41) is 9.27. The van der Waals surface area contributed by atoms with Crippen LogP contribution in [0.4, 0.5) is 0 Å². The zero-order valence-electron chi connectivity index (χ0n) is 15.8. The third kappa shape index (κ3) is 3.37. The van der Waals surface area contributed by atoms with Gasteiger partial charge in [-0.05, 0) is 37.5 Å². The molecule has 3 aliphatic heterocycles. The molecule has 144 valence electrons. The molecule has 2 fully saturated rings. The van der Waals surface area contributed by atoms with Crippen LogP contribution in [0.3, 0.4) is 0 Å². The maximum Gasteiger partial charge on any atom is 0.255 e. The lowest BCUT2D eigenvalue weighted by atomic mass is 9.80. The van der Waals surface area contributed by atoms with Crippen molar-refractivity contribution in [3.05, 3.63) is 34.9 Å². The maximum absolute atomic E-state index is 12.7. The van der Waals surface area contributed by atoms with Crippen molar-refractivity contribution in [3.8, 4) is 0 Å². The number of hydrogen-bond acceptors (Lipinski definition) is 5. The molecule has 0 aromatic heterocycles. The molecule has 7 heteroatoms. The van der Waals surface area contributed by atoms with Crippen molar-refractivity contribution in [2.24, 2.45) is 5.92 Å². The van der Waals surface area contributed by atoms with Crippen molar-refractivity contribution in [2.45, 2.75) is 51.4 Å². The second-order valence-corrected chi connectivity index (χ2v) is 8.32. The van der Waals surface area contributed by atoms with Crippen molar-refractivity contribution in [2.75, 3.05) is 13.1 Å². The molecule has 0 bridgehead atoms. The average molecular weight is 370 g/mol. The average Bonchev–Trinajstić information content (AvgIpc) is 2.94. The van der Waals surface area contributed by atoms with Gasteiger partial charge in [-0.3, -0.25) is 19.7 Å². The number of hydrogen-bond donors (Lipinski definition) is 3. The third-order valence-corrected chi connectivity index (χ3v) is 6.13. The van der Waals surface area contributed by atoms with Gasteiger partial charge in [0.1, 0.15) is 6.04 Å². The first-order valence-electron chi connectivity index (χ1n) is 9.57. The molecule has 1 aromatic carbocycles. The SMILES string of the molecule is CC1(C)NCC1CNCc1ccc2c(c1)CN(C1CCC(=O)NC1=O)C2=O. The van der Waals surface area contributed by atoms with Crippen LogP contribution in [0.5, 0.6) is 0 Å². The van der Waals surface area contributed by atoms with E-state index in [1.54, 1.807) is 4.90 Å². The molecular weight excluding hydrogens is 344 g/mol. The number of nitrogens with one attached hydrogen (secondary N) is 3. The Balaban J connectivity index is 1.39. The van der Waals surface area contributed by atoms with Crippen molar-refractivity contribution >= 4 is 17.7 Å². The van der Waals surface area contributed by atoms with Gasteiger partial charge in [-0.15, -0.1) is 0 Å². The van der Waals surface area contributed by atoms with Crippen LogP contribution in [0.15, 0.2) is 18.2 Å². The second kappa shape index (κ2) is 6.73. The van der Waals surface area contributed by atoms with E-state index in [0.717, 1.165) is 30.8 Å². The molecule has 3 N–H and O–H groups in total. The van der Waals surface area contributed by atoms with Crippen LogP contribution in [0, 0.1) is 5.92 Å². The summed E-state index contributed by atoms with van der Waals surface area (Å²) in [5.74, 6) is -0.137. The highest BCUT2D eigenvalue weighted by Crippen LogP contribution is 2.28. The Kier molecular flexibility index (Phi) is 4.52. The lowest BCUT2D eigenvalue weighted by Crippen LogP contribution is -2.63. The van der Waals surface area contributed by atoms with Crippen LogP contribution < -0.4 is 16.0 Å². The number of carbonyl (C=O) groups excluding carboxylic acids is 3. The summed E-state index contributed by atoms with van der Waals surface area (Å²) in [6.45, 7) is 7.61. The van der Waals surface area contributed by atoms with E-state index in [9.17, 15) is 14.4 Å². The van der Waals surface area contributed by atoms with Gasteiger partial charge in [0.05, 0.1) is 0 Å². The molecule has 0 spiro atoms. The van der Waals surface area contributed by atoms with E-state index in [2.05, 4.69) is 35.9 Å². The highest BCUT2D eigenvalue weighted by molar-refractivity contribution is 6.05. The van der Waals surface area contributed by atoms with E-state index in [1.807, 2.05) is 12.1 Å². The lowest BCUT2D eigenvalue weighted by Gasteiger charge is -2.46. The minimum Gasteiger partial charge on any atom is -0.322 e. The van der Waals surface area contributed by atoms with Crippen LogP contribution >= 0.6 is 0 Å². The number of amides is 3. The molecular formula is C20H26N4O3. The van der Waals surface area contributed by atoms with Gasteiger partial charge in [-0.25, -0.2) is 0 Å². The van der Waals surface area contributed by atoms with E-state index in [-0.39, 0.29) is 29.7 Å². The summed E-state index contributed by atoms with van der Waals surface area (Å²) in [6, 6.07) is 5.32. The summed E-state index contributed by atoms with van der Waals surface area (Å²) in [6.07, 6.45) is 0.669. The minimum atomic E-state index is -0.558. The largest absolute Gasteiger partial charge is 0.322 e.